The normalized spacial score (nSPS) is 14.5. The molecule has 0 saturated carbocycles. The van der Waals surface area contributed by atoms with Crippen LogP contribution in [0.3, 0.4) is 0 Å². The third-order valence-electron chi connectivity index (χ3n) is 2.99. The molecule has 1 saturated heterocycles. The lowest BCUT2D eigenvalue weighted by molar-refractivity contribution is -0.135. The molecule has 9 nitrogen and oxygen atoms in total. The van der Waals surface area contributed by atoms with Gasteiger partial charge in [-0.1, -0.05) is 11.8 Å². The predicted octanol–water partition coefficient (Wildman–Crippen LogP) is -1.25. The van der Waals surface area contributed by atoms with E-state index >= 15 is 0 Å². The molecule has 21 heavy (non-hydrogen) atoms. The fourth-order valence-electron chi connectivity index (χ4n) is 1.86. The van der Waals surface area contributed by atoms with Crippen molar-refractivity contribution in [1.29, 1.82) is 0 Å². The summed E-state index contributed by atoms with van der Waals surface area (Å²) < 4.78 is 1.54. The number of rotatable bonds is 5. The molecule has 1 aliphatic heterocycles. The number of nitrogens with zero attached hydrogens (tertiary/aromatic N) is 4. The number of nitrogens with two attached hydrogens (primary N) is 1. The van der Waals surface area contributed by atoms with E-state index in [0.717, 1.165) is 18.2 Å². The molecular weight excluding hydrogens is 296 g/mol. The number of thioether (sulfide) groups is 1. The predicted molar refractivity (Wildman–Crippen MR) is 75.1 cm³/mol. The van der Waals surface area contributed by atoms with E-state index in [4.69, 9.17) is 5.73 Å². The summed E-state index contributed by atoms with van der Waals surface area (Å²) in [5.41, 5.74) is 5.52. The van der Waals surface area contributed by atoms with Crippen LogP contribution in [0.2, 0.25) is 0 Å². The first-order valence-electron chi connectivity index (χ1n) is 6.35. The highest BCUT2D eigenvalue weighted by molar-refractivity contribution is 7.99. The van der Waals surface area contributed by atoms with Crippen molar-refractivity contribution in [1.82, 2.24) is 25.0 Å². The second kappa shape index (κ2) is 6.57. The van der Waals surface area contributed by atoms with Crippen molar-refractivity contribution in [3.8, 4) is 0 Å². The van der Waals surface area contributed by atoms with Crippen LogP contribution in [0.25, 0.3) is 0 Å². The highest BCUT2D eigenvalue weighted by Gasteiger charge is 2.23. The zero-order chi connectivity index (χ0) is 15.4. The van der Waals surface area contributed by atoms with Gasteiger partial charge in [0.15, 0.2) is 5.16 Å². The highest BCUT2D eigenvalue weighted by Crippen LogP contribution is 2.15. The van der Waals surface area contributed by atoms with Crippen molar-refractivity contribution in [3.63, 3.8) is 0 Å². The Hall–Kier alpha value is -2.10. The molecule has 1 aromatic heterocycles. The Morgan fingerprint density at radius 1 is 1.38 bits per heavy atom. The number of likely N-dealkylation sites (tertiary alicyclic amines) is 1. The Bertz CT molecular complexity index is 572. The highest BCUT2D eigenvalue weighted by atomic mass is 32.2. The second-order valence-electron chi connectivity index (χ2n) is 4.58. The Morgan fingerprint density at radius 3 is 2.71 bits per heavy atom. The summed E-state index contributed by atoms with van der Waals surface area (Å²) in [6, 6.07) is 0. The van der Waals surface area contributed by atoms with Crippen LogP contribution in [0.4, 0.5) is 5.95 Å². The van der Waals surface area contributed by atoms with Crippen molar-refractivity contribution < 1.29 is 14.4 Å². The molecule has 3 amide bonds. The van der Waals surface area contributed by atoms with Crippen molar-refractivity contribution in [2.45, 2.75) is 18.0 Å². The van der Waals surface area contributed by atoms with Gasteiger partial charge in [-0.3, -0.25) is 24.3 Å². The van der Waals surface area contributed by atoms with Gasteiger partial charge in [0.2, 0.25) is 23.7 Å². The molecule has 3 N–H and O–H groups in total. The monoisotopic (exact) mass is 312 g/mol. The number of nitrogen functional groups attached to an aromatic ring is 1. The molecule has 1 aliphatic rings. The number of nitrogens with one attached hydrogen (secondary N) is 1. The van der Waals surface area contributed by atoms with Gasteiger partial charge in [-0.15, -0.1) is 10.2 Å². The smallest absolute Gasteiger partial charge is 0.246 e. The zero-order valence-corrected chi connectivity index (χ0v) is 12.4. The van der Waals surface area contributed by atoms with E-state index in [1.807, 2.05) is 0 Å². The fraction of sp³-hybridized carbons (Fsp3) is 0.545. The molecule has 0 spiro atoms. The summed E-state index contributed by atoms with van der Waals surface area (Å²) in [4.78, 5) is 36.1. The SMILES string of the molecule is Cn1c(N)nnc1SCC(=O)NC(=O)CN1CCCC1=O. The minimum atomic E-state index is -0.478. The molecule has 0 aromatic carbocycles. The van der Waals surface area contributed by atoms with Gasteiger partial charge in [0.1, 0.15) is 0 Å². The number of hydrogen-bond acceptors (Lipinski definition) is 7. The molecule has 0 bridgehead atoms. The molecule has 0 atom stereocenters. The largest absolute Gasteiger partial charge is 0.368 e. The van der Waals surface area contributed by atoms with Crippen molar-refractivity contribution in [2.75, 3.05) is 24.6 Å². The number of carbonyl (C=O) groups excluding carboxylic acids is 3. The standard InChI is InChI=1S/C11H16N6O3S/c1-16-10(12)14-15-11(16)21-6-8(19)13-7(18)5-17-4-2-3-9(17)20/h2-6H2,1H3,(H2,12,14)(H,13,18,19). The number of imide groups is 1. The van der Waals surface area contributed by atoms with Crippen LogP contribution >= 0.6 is 11.8 Å². The third kappa shape index (κ3) is 3.94. The van der Waals surface area contributed by atoms with E-state index in [-0.39, 0.29) is 24.2 Å². The summed E-state index contributed by atoms with van der Waals surface area (Å²) in [6.07, 6.45) is 1.22. The van der Waals surface area contributed by atoms with Gasteiger partial charge in [-0.2, -0.15) is 0 Å². The molecule has 114 valence electrons. The molecule has 0 radical (unpaired) electrons. The van der Waals surface area contributed by atoms with Gasteiger partial charge in [0, 0.05) is 20.0 Å². The molecule has 10 heteroatoms. The maximum Gasteiger partial charge on any atom is 0.246 e. The lowest BCUT2D eigenvalue weighted by Crippen LogP contribution is -2.41. The molecular formula is C11H16N6O3S. The van der Waals surface area contributed by atoms with Gasteiger partial charge < -0.3 is 10.6 Å². The molecule has 1 aromatic rings. The summed E-state index contributed by atoms with van der Waals surface area (Å²) in [7, 11) is 1.68. The second-order valence-corrected chi connectivity index (χ2v) is 5.52. The molecule has 0 aliphatic carbocycles. The summed E-state index contributed by atoms with van der Waals surface area (Å²) in [6.45, 7) is 0.486. The average molecular weight is 312 g/mol. The van der Waals surface area contributed by atoms with E-state index in [1.54, 1.807) is 11.6 Å². The van der Waals surface area contributed by atoms with E-state index in [9.17, 15) is 14.4 Å². The Labute approximate surface area is 125 Å². The number of carbonyl (C=O) groups is 3. The lowest BCUT2D eigenvalue weighted by Gasteiger charge is -2.14. The molecule has 1 fully saturated rings. The molecule has 2 rings (SSSR count). The van der Waals surface area contributed by atoms with E-state index in [1.165, 1.54) is 4.90 Å². The van der Waals surface area contributed by atoms with Crippen LogP contribution in [-0.2, 0) is 21.4 Å². The van der Waals surface area contributed by atoms with Crippen LogP contribution in [-0.4, -0.2) is 56.2 Å². The average Bonchev–Trinajstić information content (AvgIpc) is 2.96. The van der Waals surface area contributed by atoms with Gasteiger partial charge in [0.05, 0.1) is 12.3 Å². The van der Waals surface area contributed by atoms with E-state index in [0.29, 0.717) is 18.1 Å². The first-order valence-corrected chi connectivity index (χ1v) is 7.34. The fourth-order valence-corrected chi connectivity index (χ4v) is 2.58. The lowest BCUT2D eigenvalue weighted by atomic mass is 10.4. The zero-order valence-electron chi connectivity index (χ0n) is 11.5. The van der Waals surface area contributed by atoms with Crippen LogP contribution < -0.4 is 11.1 Å². The van der Waals surface area contributed by atoms with Crippen molar-refractivity contribution in [2.24, 2.45) is 7.05 Å². The van der Waals surface area contributed by atoms with Crippen LogP contribution in [0.15, 0.2) is 5.16 Å². The van der Waals surface area contributed by atoms with Crippen LogP contribution in [0, 0.1) is 0 Å². The topological polar surface area (TPSA) is 123 Å². The summed E-state index contributed by atoms with van der Waals surface area (Å²) in [5, 5.41) is 10.2. The first-order chi connectivity index (χ1) is 9.97. The number of anilines is 1. The number of amides is 3. The summed E-state index contributed by atoms with van der Waals surface area (Å²) >= 11 is 1.13. The van der Waals surface area contributed by atoms with Crippen LogP contribution in [0.5, 0.6) is 0 Å². The Balaban J connectivity index is 1.75. The maximum atomic E-state index is 11.7. The van der Waals surface area contributed by atoms with Crippen molar-refractivity contribution >= 4 is 35.4 Å². The Morgan fingerprint density at radius 2 is 2.14 bits per heavy atom. The minimum absolute atomic E-state index is 0.0195. The van der Waals surface area contributed by atoms with E-state index < -0.39 is 11.8 Å². The van der Waals surface area contributed by atoms with Gasteiger partial charge >= 0.3 is 0 Å². The summed E-state index contributed by atoms with van der Waals surface area (Å²) in [5.74, 6) is -0.708. The molecule has 0 unspecified atom stereocenters. The quantitative estimate of drug-likeness (QED) is 0.651. The third-order valence-corrected chi connectivity index (χ3v) is 4.01. The number of aromatic nitrogens is 3. The maximum absolute atomic E-state index is 11.7. The first kappa shape index (κ1) is 15.3. The molecule has 2 heterocycles. The van der Waals surface area contributed by atoms with Crippen molar-refractivity contribution in [3.05, 3.63) is 0 Å². The van der Waals surface area contributed by atoms with Crippen LogP contribution in [0.1, 0.15) is 12.8 Å². The number of hydrogen-bond donors (Lipinski definition) is 2. The van der Waals surface area contributed by atoms with Gasteiger partial charge in [0.25, 0.3) is 0 Å². The van der Waals surface area contributed by atoms with Gasteiger partial charge in [-0.05, 0) is 6.42 Å². The Kier molecular flexibility index (Phi) is 4.78. The van der Waals surface area contributed by atoms with E-state index in [2.05, 4.69) is 15.5 Å². The van der Waals surface area contributed by atoms with Gasteiger partial charge in [-0.25, -0.2) is 0 Å². The minimum Gasteiger partial charge on any atom is -0.368 e.